The molecule has 5 rings (SSSR count). The number of para-hydroxylation sites is 1. The maximum Gasteiger partial charge on any atom is 0.418 e. The molecule has 1 N–H and O–H groups in total. The lowest BCUT2D eigenvalue weighted by molar-refractivity contribution is -0.144. The Morgan fingerprint density at radius 3 is 2.42 bits per heavy atom. The highest BCUT2D eigenvalue weighted by Crippen LogP contribution is 2.41. The normalized spacial score (nSPS) is 23.2. The molecule has 0 bridgehead atoms. The van der Waals surface area contributed by atoms with Crippen LogP contribution in [0.15, 0.2) is 42.6 Å². The van der Waals surface area contributed by atoms with Gasteiger partial charge in [-0.05, 0) is 76.0 Å². The number of carbonyl (C=O) groups excluding carboxylic acids is 2. The van der Waals surface area contributed by atoms with Gasteiger partial charge in [-0.1, -0.05) is 38.0 Å². The molecule has 2 atom stereocenters. The van der Waals surface area contributed by atoms with E-state index in [9.17, 15) is 27.9 Å². The number of alkyl halides is 3. The van der Waals surface area contributed by atoms with Crippen molar-refractivity contribution < 1.29 is 32.6 Å². The van der Waals surface area contributed by atoms with E-state index in [1.54, 1.807) is 4.90 Å². The van der Waals surface area contributed by atoms with Gasteiger partial charge in [0.25, 0.3) is 5.91 Å². The van der Waals surface area contributed by atoms with E-state index in [2.05, 4.69) is 4.98 Å². The monoisotopic (exact) mass is 601 g/mol. The number of aromatic nitrogens is 1. The third kappa shape index (κ3) is 6.84. The lowest BCUT2D eigenvalue weighted by atomic mass is 9.81. The van der Waals surface area contributed by atoms with Crippen molar-refractivity contribution >= 4 is 11.8 Å². The minimum Gasteiger partial charge on any atom is -0.490 e. The molecule has 1 aromatic heterocycles. The van der Waals surface area contributed by atoms with Crippen molar-refractivity contribution in [3.63, 3.8) is 0 Å². The van der Waals surface area contributed by atoms with Gasteiger partial charge < -0.3 is 19.6 Å². The first-order valence-electron chi connectivity index (χ1n) is 15.7. The first-order chi connectivity index (χ1) is 20.6. The van der Waals surface area contributed by atoms with Crippen molar-refractivity contribution in [1.82, 2.24) is 14.8 Å². The second kappa shape index (κ2) is 13.2. The lowest BCUT2D eigenvalue weighted by Crippen LogP contribution is -2.55. The van der Waals surface area contributed by atoms with Crippen molar-refractivity contribution in [3.05, 3.63) is 59.4 Å². The molecule has 2 unspecified atom stereocenters. The molecule has 43 heavy (non-hydrogen) atoms. The SMILES string of the molecule is CCCC1C(C(=O)N2CCC(O)(c3ccccc3OC3CCCCC3)CC2)CCCN1C(=O)c1ncccc1C(F)(F)F. The number of likely N-dealkylation sites (tertiary alicyclic amines) is 2. The Hall–Kier alpha value is -3.14. The molecule has 3 heterocycles. The third-order valence-corrected chi connectivity index (χ3v) is 9.39. The van der Waals surface area contributed by atoms with Gasteiger partial charge in [0.15, 0.2) is 0 Å². The highest BCUT2D eigenvalue weighted by Gasteiger charge is 2.45. The summed E-state index contributed by atoms with van der Waals surface area (Å²) in [6, 6.07) is 9.15. The number of rotatable bonds is 7. The van der Waals surface area contributed by atoms with Gasteiger partial charge in [0.2, 0.25) is 5.91 Å². The molecule has 2 amide bonds. The van der Waals surface area contributed by atoms with E-state index in [1.807, 2.05) is 31.2 Å². The zero-order valence-electron chi connectivity index (χ0n) is 24.8. The first-order valence-corrected chi connectivity index (χ1v) is 15.7. The van der Waals surface area contributed by atoms with Crippen molar-refractivity contribution in [2.45, 2.75) is 101 Å². The van der Waals surface area contributed by atoms with Crippen LogP contribution in [0.25, 0.3) is 0 Å². The van der Waals surface area contributed by atoms with Crippen molar-refractivity contribution in [2.75, 3.05) is 19.6 Å². The molecule has 1 saturated carbocycles. The molecule has 0 spiro atoms. The molecule has 10 heteroatoms. The average molecular weight is 602 g/mol. The lowest BCUT2D eigenvalue weighted by Gasteiger charge is -2.45. The van der Waals surface area contributed by atoms with Crippen LogP contribution in [-0.2, 0) is 16.6 Å². The van der Waals surface area contributed by atoms with Gasteiger partial charge in [0.05, 0.1) is 23.2 Å². The quantitative estimate of drug-likeness (QED) is 0.400. The molecule has 2 aromatic rings. The second-order valence-corrected chi connectivity index (χ2v) is 12.2. The van der Waals surface area contributed by atoms with Crippen LogP contribution in [0.2, 0.25) is 0 Å². The predicted octanol–water partition coefficient (Wildman–Crippen LogP) is 6.34. The molecule has 0 radical (unpaired) electrons. The summed E-state index contributed by atoms with van der Waals surface area (Å²) < 4.78 is 47.5. The van der Waals surface area contributed by atoms with Crippen LogP contribution in [0, 0.1) is 5.92 Å². The Morgan fingerprint density at radius 2 is 1.72 bits per heavy atom. The Morgan fingerprint density at radius 1 is 1.00 bits per heavy atom. The van der Waals surface area contributed by atoms with Gasteiger partial charge in [-0.25, -0.2) is 0 Å². The van der Waals surface area contributed by atoms with Crippen molar-refractivity contribution in [3.8, 4) is 5.75 Å². The van der Waals surface area contributed by atoms with E-state index >= 15 is 0 Å². The van der Waals surface area contributed by atoms with Crippen LogP contribution in [-0.4, -0.2) is 63.5 Å². The third-order valence-electron chi connectivity index (χ3n) is 9.39. The number of hydrogen-bond acceptors (Lipinski definition) is 5. The molecule has 7 nitrogen and oxygen atoms in total. The molecule has 1 aliphatic carbocycles. The summed E-state index contributed by atoms with van der Waals surface area (Å²) in [5.41, 5.74) is -2.07. The number of halogens is 3. The summed E-state index contributed by atoms with van der Waals surface area (Å²) in [5.74, 6) is -0.717. The minimum atomic E-state index is -4.71. The minimum absolute atomic E-state index is 0.109. The van der Waals surface area contributed by atoms with Gasteiger partial charge >= 0.3 is 6.18 Å². The van der Waals surface area contributed by atoms with Crippen LogP contribution in [0.4, 0.5) is 13.2 Å². The number of aliphatic hydroxyl groups is 1. The van der Waals surface area contributed by atoms with Crippen LogP contribution in [0.3, 0.4) is 0 Å². The number of amides is 2. The standard InChI is InChI=1S/C33H42F3N3O4/c1-2-10-27-24(13-9-20-39(27)31(41)29-26(33(34,35)36)15-8-19-37-29)30(40)38-21-17-32(42,18-22-38)25-14-6-7-16-28(25)43-23-11-4-3-5-12-23/h6-8,14-16,19,23-24,27,42H,2-5,9-13,17-18,20-22H2,1H3. The highest BCUT2D eigenvalue weighted by molar-refractivity contribution is 5.95. The fourth-order valence-corrected chi connectivity index (χ4v) is 7.11. The van der Waals surface area contributed by atoms with Gasteiger partial charge in [0, 0.05) is 37.4 Å². The maximum atomic E-state index is 13.9. The van der Waals surface area contributed by atoms with Gasteiger partial charge in [-0.3, -0.25) is 14.6 Å². The van der Waals surface area contributed by atoms with Crippen LogP contribution < -0.4 is 4.74 Å². The molecule has 3 fully saturated rings. The Bertz CT molecular complexity index is 1270. The van der Waals surface area contributed by atoms with Crippen molar-refractivity contribution in [2.24, 2.45) is 5.92 Å². The number of carbonyl (C=O) groups is 2. The number of pyridine rings is 1. The summed E-state index contributed by atoms with van der Waals surface area (Å²) in [6.07, 6.45) is 5.08. The van der Waals surface area contributed by atoms with Crippen LogP contribution in [0.1, 0.15) is 99.2 Å². The molecule has 2 aliphatic heterocycles. The smallest absolute Gasteiger partial charge is 0.418 e. The maximum absolute atomic E-state index is 13.9. The van der Waals surface area contributed by atoms with Gasteiger partial charge in [-0.15, -0.1) is 0 Å². The first kappa shape index (κ1) is 31.3. The number of benzene rings is 1. The molecular formula is C33H42F3N3O4. The van der Waals surface area contributed by atoms with Crippen molar-refractivity contribution in [1.29, 1.82) is 0 Å². The molecule has 2 saturated heterocycles. The van der Waals surface area contributed by atoms with E-state index in [0.29, 0.717) is 57.4 Å². The van der Waals surface area contributed by atoms with Crippen LogP contribution in [0.5, 0.6) is 5.75 Å². The molecule has 3 aliphatic rings. The Balaban J connectivity index is 1.29. The zero-order valence-corrected chi connectivity index (χ0v) is 24.8. The number of ether oxygens (including phenoxy) is 1. The average Bonchev–Trinajstić information content (AvgIpc) is 3.01. The topological polar surface area (TPSA) is 83.0 Å². The Labute approximate surface area is 251 Å². The summed E-state index contributed by atoms with van der Waals surface area (Å²) in [6.45, 7) is 2.90. The summed E-state index contributed by atoms with van der Waals surface area (Å²) in [4.78, 5) is 34.4. The Kier molecular flexibility index (Phi) is 9.63. The van der Waals surface area contributed by atoms with Gasteiger partial charge in [-0.2, -0.15) is 13.2 Å². The number of piperidine rings is 2. The zero-order chi connectivity index (χ0) is 30.6. The van der Waals surface area contributed by atoms with E-state index in [1.165, 1.54) is 23.6 Å². The number of hydrogen-bond donors (Lipinski definition) is 1. The molecule has 1 aromatic carbocycles. The highest BCUT2D eigenvalue weighted by atomic mass is 19.4. The molecular weight excluding hydrogens is 559 g/mol. The van der Waals surface area contributed by atoms with Gasteiger partial charge in [0.1, 0.15) is 11.4 Å². The van der Waals surface area contributed by atoms with Crippen LogP contribution >= 0.6 is 0 Å². The summed E-state index contributed by atoms with van der Waals surface area (Å²) in [7, 11) is 0. The summed E-state index contributed by atoms with van der Waals surface area (Å²) in [5, 5.41) is 11.8. The summed E-state index contributed by atoms with van der Waals surface area (Å²) >= 11 is 0. The van der Waals surface area contributed by atoms with E-state index in [0.717, 1.165) is 37.3 Å². The fraction of sp³-hybridized carbons (Fsp3) is 0.606. The predicted molar refractivity (Wildman–Crippen MR) is 155 cm³/mol. The van der Waals surface area contributed by atoms with E-state index in [4.69, 9.17) is 4.74 Å². The molecule has 234 valence electrons. The fourth-order valence-electron chi connectivity index (χ4n) is 7.11. The second-order valence-electron chi connectivity index (χ2n) is 12.2. The number of nitrogens with zero attached hydrogens (tertiary/aromatic N) is 3. The van der Waals surface area contributed by atoms with E-state index < -0.39 is 40.9 Å². The van der Waals surface area contributed by atoms with E-state index in [-0.39, 0.29) is 18.6 Å². The largest absolute Gasteiger partial charge is 0.490 e.